The highest BCUT2D eigenvalue weighted by atomic mass is 35.5. The Morgan fingerprint density at radius 1 is 1.21 bits per heavy atom. The highest BCUT2D eigenvalue weighted by Gasteiger charge is 2.06. The Labute approximate surface area is 124 Å². The predicted octanol–water partition coefficient (Wildman–Crippen LogP) is 4.74. The van der Waals surface area contributed by atoms with Gasteiger partial charge in [0.25, 0.3) is 0 Å². The van der Waals surface area contributed by atoms with Crippen LogP contribution in [0.3, 0.4) is 0 Å². The number of hydrogen-bond donors (Lipinski definition) is 1. The van der Waals surface area contributed by atoms with E-state index in [9.17, 15) is 0 Å². The molecule has 0 aliphatic heterocycles. The first-order valence-electron chi connectivity index (χ1n) is 6.58. The van der Waals surface area contributed by atoms with Crippen molar-refractivity contribution in [3.8, 4) is 0 Å². The lowest BCUT2D eigenvalue weighted by Gasteiger charge is -2.14. The number of halogens is 1. The first-order chi connectivity index (χ1) is 9.04. The summed E-state index contributed by atoms with van der Waals surface area (Å²) in [5.74, 6) is 0. The molecule has 2 aromatic rings. The Balaban J connectivity index is 1.87. The van der Waals surface area contributed by atoms with Crippen molar-refractivity contribution in [3.05, 3.63) is 56.2 Å². The van der Waals surface area contributed by atoms with Gasteiger partial charge in [-0.05, 0) is 56.5 Å². The molecule has 0 aliphatic carbocycles. The summed E-state index contributed by atoms with van der Waals surface area (Å²) >= 11 is 8.12. The van der Waals surface area contributed by atoms with E-state index in [1.165, 1.54) is 20.9 Å². The van der Waals surface area contributed by atoms with Gasteiger partial charge < -0.3 is 5.32 Å². The maximum Gasteiger partial charge on any atom is 0.0453 e. The fourth-order valence-electron chi connectivity index (χ4n) is 2.05. The van der Waals surface area contributed by atoms with Crippen LogP contribution in [0.2, 0.25) is 5.02 Å². The van der Waals surface area contributed by atoms with Crippen molar-refractivity contribution >= 4 is 22.9 Å². The Morgan fingerprint density at radius 3 is 2.63 bits per heavy atom. The molecule has 0 aliphatic rings. The standard InChI is InChI=1S/C16H20ClNS/c1-11-4-6-14(16(17)8-11)10-18-12(2)9-15-7-5-13(3)19-15/h4-8,12,18H,9-10H2,1-3H3. The highest BCUT2D eigenvalue weighted by Crippen LogP contribution is 2.19. The molecular formula is C16H20ClNS. The van der Waals surface area contributed by atoms with E-state index >= 15 is 0 Å². The van der Waals surface area contributed by atoms with E-state index in [4.69, 9.17) is 11.6 Å². The fraction of sp³-hybridized carbons (Fsp3) is 0.375. The minimum atomic E-state index is 0.454. The van der Waals surface area contributed by atoms with Crippen LogP contribution >= 0.6 is 22.9 Å². The highest BCUT2D eigenvalue weighted by molar-refractivity contribution is 7.11. The third kappa shape index (κ3) is 4.34. The number of rotatable bonds is 5. The molecule has 0 amide bonds. The quantitative estimate of drug-likeness (QED) is 0.839. The third-order valence-electron chi connectivity index (χ3n) is 3.15. The van der Waals surface area contributed by atoms with E-state index in [1.54, 1.807) is 0 Å². The number of hydrogen-bond acceptors (Lipinski definition) is 2. The first-order valence-corrected chi connectivity index (χ1v) is 7.78. The molecule has 0 spiro atoms. The van der Waals surface area contributed by atoms with E-state index in [0.717, 1.165) is 18.0 Å². The van der Waals surface area contributed by atoms with Crippen LogP contribution in [0.15, 0.2) is 30.3 Å². The summed E-state index contributed by atoms with van der Waals surface area (Å²) in [5.41, 5.74) is 2.37. The molecule has 1 atom stereocenters. The predicted molar refractivity (Wildman–Crippen MR) is 85.3 cm³/mol. The molecule has 1 aromatic heterocycles. The van der Waals surface area contributed by atoms with Crippen LogP contribution in [-0.4, -0.2) is 6.04 Å². The summed E-state index contributed by atoms with van der Waals surface area (Å²) in [5, 5.41) is 4.39. The minimum Gasteiger partial charge on any atom is -0.310 e. The Morgan fingerprint density at radius 2 is 2.00 bits per heavy atom. The minimum absolute atomic E-state index is 0.454. The number of thiophene rings is 1. The van der Waals surface area contributed by atoms with Crippen LogP contribution in [0, 0.1) is 13.8 Å². The summed E-state index contributed by atoms with van der Waals surface area (Å²) in [6.45, 7) is 7.25. The normalized spacial score (nSPS) is 12.6. The summed E-state index contributed by atoms with van der Waals surface area (Å²) < 4.78 is 0. The van der Waals surface area contributed by atoms with Gasteiger partial charge in [0.05, 0.1) is 0 Å². The monoisotopic (exact) mass is 293 g/mol. The summed E-state index contributed by atoms with van der Waals surface area (Å²) in [4.78, 5) is 2.82. The van der Waals surface area contributed by atoms with Crippen LogP contribution in [0.1, 0.15) is 27.8 Å². The molecule has 1 aromatic carbocycles. The molecule has 1 nitrogen and oxygen atoms in total. The van der Waals surface area contributed by atoms with Gasteiger partial charge in [-0.2, -0.15) is 0 Å². The molecule has 0 saturated carbocycles. The third-order valence-corrected chi connectivity index (χ3v) is 4.53. The van der Waals surface area contributed by atoms with Crippen LogP contribution in [0.4, 0.5) is 0 Å². The SMILES string of the molecule is Cc1ccc(CNC(C)Cc2ccc(C)s2)c(Cl)c1. The largest absolute Gasteiger partial charge is 0.310 e. The van der Waals surface area contributed by atoms with Crippen molar-refractivity contribution in [1.82, 2.24) is 5.32 Å². The zero-order valence-corrected chi connectivity index (χ0v) is 13.2. The van der Waals surface area contributed by atoms with Crippen molar-refractivity contribution in [2.45, 2.75) is 39.8 Å². The second kappa shape index (κ2) is 6.56. The molecule has 0 saturated heterocycles. The molecule has 1 N–H and O–H groups in total. The van der Waals surface area contributed by atoms with E-state index in [0.29, 0.717) is 6.04 Å². The van der Waals surface area contributed by atoms with Gasteiger partial charge in [-0.15, -0.1) is 11.3 Å². The lowest BCUT2D eigenvalue weighted by atomic mass is 10.1. The van der Waals surface area contributed by atoms with E-state index in [2.05, 4.69) is 50.4 Å². The van der Waals surface area contributed by atoms with Gasteiger partial charge >= 0.3 is 0 Å². The number of nitrogens with one attached hydrogen (secondary N) is 1. The molecule has 0 radical (unpaired) electrons. The average molecular weight is 294 g/mol. The lowest BCUT2D eigenvalue weighted by molar-refractivity contribution is 0.548. The second-order valence-corrected chi connectivity index (χ2v) is 6.87. The number of benzene rings is 1. The summed E-state index contributed by atoms with van der Waals surface area (Å²) in [7, 11) is 0. The Bertz CT molecular complexity index is 547. The van der Waals surface area contributed by atoms with Crippen LogP contribution in [0.25, 0.3) is 0 Å². The maximum absolute atomic E-state index is 6.24. The lowest BCUT2D eigenvalue weighted by Crippen LogP contribution is -2.27. The van der Waals surface area contributed by atoms with Gasteiger partial charge in [0.2, 0.25) is 0 Å². The average Bonchev–Trinajstić information content (AvgIpc) is 2.73. The molecule has 102 valence electrons. The topological polar surface area (TPSA) is 12.0 Å². The van der Waals surface area contributed by atoms with Crippen molar-refractivity contribution in [2.24, 2.45) is 0 Å². The van der Waals surface area contributed by atoms with Crippen LogP contribution in [0.5, 0.6) is 0 Å². The fourth-order valence-corrected chi connectivity index (χ4v) is 3.37. The number of aryl methyl sites for hydroxylation is 2. The van der Waals surface area contributed by atoms with Crippen molar-refractivity contribution in [1.29, 1.82) is 0 Å². The van der Waals surface area contributed by atoms with Gasteiger partial charge in [0.15, 0.2) is 0 Å². The Kier molecular flexibility index (Phi) is 5.03. The van der Waals surface area contributed by atoms with Crippen molar-refractivity contribution in [3.63, 3.8) is 0 Å². The van der Waals surface area contributed by atoms with Gasteiger partial charge in [0.1, 0.15) is 0 Å². The maximum atomic E-state index is 6.24. The first kappa shape index (κ1) is 14.6. The van der Waals surface area contributed by atoms with Gasteiger partial charge in [-0.3, -0.25) is 0 Å². The van der Waals surface area contributed by atoms with E-state index in [1.807, 2.05) is 17.4 Å². The molecule has 19 heavy (non-hydrogen) atoms. The van der Waals surface area contributed by atoms with Gasteiger partial charge in [0, 0.05) is 27.4 Å². The van der Waals surface area contributed by atoms with E-state index in [-0.39, 0.29) is 0 Å². The van der Waals surface area contributed by atoms with Crippen LogP contribution in [-0.2, 0) is 13.0 Å². The molecule has 0 bridgehead atoms. The van der Waals surface area contributed by atoms with Crippen molar-refractivity contribution in [2.75, 3.05) is 0 Å². The molecule has 1 heterocycles. The smallest absolute Gasteiger partial charge is 0.0453 e. The van der Waals surface area contributed by atoms with Gasteiger partial charge in [-0.1, -0.05) is 23.7 Å². The second-order valence-electron chi connectivity index (χ2n) is 5.09. The summed E-state index contributed by atoms with van der Waals surface area (Å²) in [6.07, 6.45) is 1.07. The molecule has 3 heteroatoms. The molecule has 2 rings (SSSR count). The van der Waals surface area contributed by atoms with E-state index < -0.39 is 0 Å². The van der Waals surface area contributed by atoms with Crippen LogP contribution < -0.4 is 5.32 Å². The zero-order chi connectivity index (χ0) is 13.8. The molecule has 1 unspecified atom stereocenters. The Hall–Kier alpha value is -0.830. The molecule has 0 fully saturated rings. The summed E-state index contributed by atoms with van der Waals surface area (Å²) in [6, 6.07) is 11.1. The van der Waals surface area contributed by atoms with Crippen molar-refractivity contribution < 1.29 is 0 Å². The zero-order valence-electron chi connectivity index (χ0n) is 11.7. The molecular weight excluding hydrogens is 274 g/mol. The van der Waals surface area contributed by atoms with Gasteiger partial charge in [-0.25, -0.2) is 0 Å².